The first-order valence-electron chi connectivity index (χ1n) is 9.72. The summed E-state index contributed by atoms with van der Waals surface area (Å²) in [5.74, 6) is -3.36. The Hall–Kier alpha value is -2.36. The molecule has 0 amide bonds. The lowest BCUT2D eigenvalue weighted by Gasteiger charge is -2.25. The SMILES string of the molecule is O=S(=O)(c1cnc(C(c2ccc(F)c(F)c2)c2ccc(F)c(Cl)c2)[nH]1)N1CCCCC1. The van der Waals surface area contributed by atoms with E-state index in [0.717, 1.165) is 37.5 Å². The highest BCUT2D eigenvalue weighted by molar-refractivity contribution is 7.89. The average molecular weight is 470 g/mol. The third-order valence-electron chi connectivity index (χ3n) is 5.33. The zero-order valence-corrected chi connectivity index (χ0v) is 17.9. The summed E-state index contributed by atoms with van der Waals surface area (Å²) in [6, 6.07) is 7.27. The van der Waals surface area contributed by atoms with Crippen LogP contribution in [0.15, 0.2) is 47.6 Å². The molecule has 1 aromatic heterocycles. The summed E-state index contributed by atoms with van der Waals surface area (Å²) >= 11 is 5.93. The Bertz CT molecular complexity index is 1160. The molecule has 1 aliphatic heterocycles. The first-order valence-corrected chi connectivity index (χ1v) is 11.5. The van der Waals surface area contributed by atoms with E-state index in [0.29, 0.717) is 24.2 Å². The van der Waals surface area contributed by atoms with E-state index in [9.17, 15) is 21.6 Å². The Morgan fingerprint density at radius 2 is 1.58 bits per heavy atom. The van der Waals surface area contributed by atoms with Crippen LogP contribution < -0.4 is 0 Å². The Kier molecular flexibility index (Phi) is 6.09. The van der Waals surface area contributed by atoms with Gasteiger partial charge in [-0.2, -0.15) is 4.31 Å². The molecule has 0 aliphatic carbocycles. The van der Waals surface area contributed by atoms with E-state index in [1.54, 1.807) is 0 Å². The average Bonchev–Trinajstić information content (AvgIpc) is 3.24. The maximum atomic E-state index is 14.0. The van der Waals surface area contributed by atoms with Crippen molar-refractivity contribution in [3.05, 3.63) is 82.0 Å². The molecular weight excluding hydrogens is 451 g/mol. The molecule has 4 rings (SSSR count). The second-order valence-corrected chi connectivity index (χ2v) is 9.69. The van der Waals surface area contributed by atoms with Crippen LogP contribution in [-0.2, 0) is 10.0 Å². The molecule has 2 aromatic carbocycles. The molecule has 0 radical (unpaired) electrons. The van der Waals surface area contributed by atoms with Crippen molar-refractivity contribution in [2.45, 2.75) is 30.2 Å². The molecule has 5 nitrogen and oxygen atoms in total. The maximum absolute atomic E-state index is 14.0. The molecule has 0 saturated carbocycles. The summed E-state index contributed by atoms with van der Waals surface area (Å²) in [6.45, 7) is 0.855. The molecule has 1 unspecified atom stereocenters. The first kappa shape index (κ1) is 21.9. The molecule has 10 heteroatoms. The molecule has 164 valence electrons. The number of nitrogens with zero attached hydrogens (tertiary/aromatic N) is 2. The lowest BCUT2D eigenvalue weighted by atomic mass is 9.90. The summed E-state index contributed by atoms with van der Waals surface area (Å²) < 4.78 is 68.5. The van der Waals surface area contributed by atoms with Crippen molar-refractivity contribution in [1.29, 1.82) is 0 Å². The Morgan fingerprint density at radius 3 is 2.23 bits per heavy atom. The topological polar surface area (TPSA) is 66.1 Å². The van der Waals surface area contributed by atoms with Crippen LogP contribution in [0.5, 0.6) is 0 Å². The second kappa shape index (κ2) is 8.64. The number of H-pyrrole nitrogens is 1. The Labute approximate surface area is 182 Å². The first-order chi connectivity index (χ1) is 14.8. The number of halogens is 4. The van der Waals surface area contributed by atoms with Crippen molar-refractivity contribution in [3.8, 4) is 0 Å². The van der Waals surface area contributed by atoms with Crippen LogP contribution in [0.25, 0.3) is 0 Å². The summed E-state index contributed by atoms with van der Waals surface area (Å²) in [5, 5.41) is -0.247. The summed E-state index contributed by atoms with van der Waals surface area (Å²) in [4.78, 5) is 7.04. The molecule has 1 atom stereocenters. The smallest absolute Gasteiger partial charge is 0.260 e. The zero-order chi connectivity index (χ0) is 22.2. The van der Waals surface area contributed by atoms with E-state index in [2.05, 4.69) is 9.97 Å². The van der Waals surface area contributed by atoms with E-state index in [1.165, 1.54) is 28.7 Å². The van der Waals surface area contributed by atoms with Crippen molar-refractivity contribution in [1.82, 2.24) is 14.3 Å². The number of hydrogen-bond donors (Lipinski definition) is 1. The van der Waals surface area contributed by atoms with Gasteiger partial charge >= 0.3 is 0 Å². The predicted octanol–water partition coefficient (Wildman–Crippen LogP) is 4.84. The van der Waals surface area contributed by atoms with Gasteiger partial charge < -0.3 is 4.98 Å². The molecule has 1 N–H and O–H groups in total. The van der Waals surface area contributed by atoms with Crippen molar-refractivity contribution in [3.63, 3.8) is 0 Å². The molecule has 31 heavy (non-hydrogen) atoms. The third kappa shape index (κ3) is 4.35. The molecular formula is C21H19ClF3N3O2S. The highest BCUT2D eigenvalue weighted by atomic mass is 35.5. The number of aromatic amines is 1. The van der Waals surface area contributed by atoms with Gasteiger partial charge in [0.25, 0.3) is 10.0 Å². The van der Waals surface area contributed by atoms with Gasteiger partial charge in [-0.1, -0.05) is 30.2 Å². The monoisotopic (exact) mass is 469 g/mol. The second-order valence-electron chi connectivity index (χ2n) is 7.38. The molecule has 0 spiro atoms. The molecule has 0 bridgehead atoms. The standard InChI is InChI=1S/C21H19ClF3N3O2S/c22-15-10-13(4-6-16(15)23)20(14-5-7-17(24)18(25)11-14)21-26-12-19(27-21)31(29,30)28-8-2-1-3-9-28/h4-7,10-12,20H,1-3,8-9H2,(H,26,27). The summed E-state index contributed by atoms with van der Waals surface area (Å²) in [5.41, 5.74) is 0.742. The number of hydrogen-bond acceptors (Lipinski definition) is 3. The summed E-state index contributed by atoms with van der Waals surface area (Å²) in [6.07, 6.45) is 3.75. The van der Waals surface area contributed by atoms with E-state index in [4.69, 9.17) is 11.6 Å². The minimum atomic E-state index is -3.77. The molecule has 1 fully saturated rings. The van der Waals surface area contributed by atoms with Gasteiger partial charge in [0.05, 0.1) is 17.1 Å². The van der Waals surface area contributed by atoms with Crippen LogP contribution in [0.4, 0.5) is 13.2 Å². The maximum Gasteiger partial charge on any atom is 0.260 e. The minimum absolute atomic E-state index is 0.0924. The van der Waals surface area contributed by atoms with Crippen molar-refractivity contribution in [2.24, 2.45) is 0 Å². The van der Waals surface area contributed by atoms with Crippen LogP contribution in [0, 0.1) is 17.5 Å². The van der Waals surface area contributed by atoms with Crippen LogP contribution in [0.3, 0.4) is 0 Å². The lowest BCUT2D eigenvalue weighted by Crippen LogP contribution is -2.35. The molecule has 1 aliphatic rings. The fraction of sp³-hybridized carbons (Fsp3) is 0.286. The van der Waals surface area contributed by atoms with Crippen LogP contribution in [-0.4, -0.2) is 35.8 Å². The number of benzene rings is 2. The van der Waals surface area contributed by atoms with E-state index in [-0.39, 0.29) is 15.9 Å². The van der Waals surface area contributed by atoms with Crippen molar-refractivity contribution in [2.75, 3.05) is 13.1 Å². The summed E-state index contributed by atoms with van der Waals surface area (Å²) in [7, 11) is -3.77. The third-order valence-corrected chi connectivity index (χ3v) is 7.43. The van der Waals surface area contributed by atoms with Gasteiger partial charge in [0.1, 0.15) is 11.6 Å². The highest BCUT2D eigenvalue weighted by Gasteiger charge is 2.30. The minimum Gasteiger partial charge on any atom is -0.331 e. The van der Waals surface area contributed by atoms with Gasteiger partial charge in [0.15, 0.2) is 16.7 Å². The number of nitrogens with one attached hydrogen (secondary N) is 1. The quantitative estimate of drug-likeness (QED) is 0.581. The largest absolute Gasteiger partial charge is 0.331 e. The predicted molar refractivity (Wildman–Crippen MR) is 110 cm³/mol. The van der Waals surface area contributed by atoms with Gasteiger partial charge in [-0.3, -0.25) is 0 Å². The van der Waals surface area contributed by atoms with Crippen LogP contribution in [0.1, 0.15) is 42.1 Å². The Morgan fingerprint density at radius 1 is 0.935 bits per heavy atom. The Balaban J connectivity index is 1.79. The number of imidazole rings is 1. The van der Waals surface area contributed by atoms with E-state index >= 15 is 0 Å². The normalized spacial score (nSPS) is 16.4. The molecule has 3 aromatic rings. The fourth-order valence-electron chi connectivity index (χ4n) is 3.73. The molecule has 1 saturated heterocycles. The lowest BCUT2D eigenvalue weighted by molar-refractivity contribution is 0.345. The van der Waals surface area contributed by atoms with Gasteiger partial charge in [0.2, 0.25) is 0 Å². The number of sulfonamides is 1. The van der Waals surface area contributed by atoms with E-state index < -0.39 is 33.4 Å². The van der Waals surface area contributed by atoms with Gasteiger partial charge in [-0.15, -0.1) is 0 Å². The van der Waals surface area contributed by atoms with Crippen molar-refractivity contribution >= 4 is 21.6 Å². The fourth-order valence-corrected chi connectivity index (χ4v) is 5.36. The van der Waals surface area contributed by atoms with Crippen LogP contribution in [0.2, 0.25) is 5.02 Å². The highest BCUT2D eigenvalue weighted by Crippen LogP contribution is 2.34. The number of piperidine rings is 1. The number of aromatic nitrogens is 2. The van der Waals surface area contributed by atoms with Gasteiger partial charge in [-0.25, -0.2) is 26.6 Å². The van der Waals surface area contributed by atoms with Crippen molar-refractivity contribution < 1.29 is 21.6 Å². The van der Waals surface area contributed by atoms with Gasteiger partial charge in [0, 0.05) is 13.1 Å². The van der Waals surface area contributed by atoms with Crippen LogP contribution >= 0.6 is 11.6 Å². The number of rotatable bonds is 5. The van der Waals surface area contributed by atoms with Gasteiger partial charge in [-0.05, 0) is 48.2 Å². The zero-order valence-electron chi connectivity index (χ0n) is 16.3. The van der Waals surface area contributed by atoms with E-state index in [1.807, 2.05) is 0 Å². The molecule has 2 heterocycles.